The zero-order valence-electron chi connectivity index (χ0n) is 48.3. The van der Waals surface area contributed by atoms with Gasteiger partial charge in [0.2, 0.25) is 22.9 Å². The Kier molecular flexibility index (Phi) is 23.0. The second-order valence-corrected chi connectivity index (χ2v) is 21.0. The van der Waals surface area contributed by atoms with Crippen LogP contribution in [0.25, 0.3) is 60.6 Å². The van der Waals surface area contributed by atoms with Crippen LogP contribution < -0.4 is 21.8 Å². The Balaban J connectivity index is 0.000000147. The molecule has 7 aromatic carbocycles. The number of halogens is 2. The number of anilines is 2. The smallest absolute Gasteiger partial charge is 0.248 e. The van der Waals surface area contributed by atoms with Gasteiger partial charge in [-0.15, -0.1) is 0 Å². The van der Waals surface area contributed by atoms with Crippen molar-refractivity contribution in [3.8, 4) is 0 Å². The molecule has 12 nitrogen and oxygen atoms in total. The van der Waals surface area contributed by atoms with Gasteiger partial charge in [0.25, 0.3) is 0 Å². The molecule has 0 aliphatic carbocycles. The van der Waals surface area contributed by atoms with Crippen molar-refractivity contribution in [1.82, 2.24) is 24.9 Å². The van der Waals surface area contributed by atoms with Gasteiger partial charge in [0.05, 0.1) is 16.6 Å². The molecule has 0 aliphatic rings. The Morgan fingerprint density at radius 2 is 0.988 bits per heavy atom. The van der Waals surface area contributed by atoms with Crippen molar-refractivity contribution >= 4 is 117 Å². The van der Waals surface area contributed by atoms with E-state index in [1.807, 2.05) is 204 Å². The number of pyridine rings is 5. The summed E-state index contributed by atoms with van der Waals surface area (Å²) in [6, 6.07) is 66.1. The number of fused-ring (bicyclic) bond motifs is 5. The van der Waals surface area contributed by atoms with Crippen molar-refractivity contribution in [2.24, 2.45) is 0 Å². The van der Waals surface area contributed by atoms with Crippen LogP contribution in [0.1, 0.15) is 58.4 Å². The third-order valence-corrected chi connectivity index (χ3v) is 13.6. The predicted molar refractivity (Wildman–Crippen MR) is 355 cm³/mol. The van der Waals surface area contributed by atoms with E-state index >= 15 is 0 Å². The molecule has 0 saturated heterocycles. The average molecular weight is 1210 g/mol. The summed E-state index contributed by atoms with van der Waals surface area (Å²) in [6.45, 7) is 13.1. The van der Waals surface area contributed by atoms with Crippen molar-refractivity contribution < 1.29 is 14.4 Å². The highest BCUT2D eigenvalue weighted by molar-refractivity contribution is 9.08. The fourth-order valence-corrected chi connectivity index (χ4v) is 9.12. The third-order valence-electron chi connectivity index (χ3n) is 12.8. The second kappa shape index (κ2) is 31.1. The lowest BCUT2D eigenvalue weighted by Crippen LogP contribution is -2.07. The van der Waals surface area contributed by atoms with Crippen LogP contribution in [0.2, 0.25) is 5.15 Å². The van der Waals surface area contributed by atoms with Gasteiger partial charge in [0.1, 0.15) is 16.8 Å². The average Bonchev–Trinajstić information content (AvgIpc) is 3.59. The monoisotopic (exact) mass is 1210 g/mol. The van der Waals surface area contributed by atoms with Gasteiger partial charge in [0.15, 0.2) is 5.78 Å². The quantitative estimate of drug-likeness (QED) is 0.0691. The molecule has 0 radical (unpaired) electrons. The molecule has 2 amide bonds. The van der Waals surface area contributed by atoms with Crippen molar-refractivity contribution in [2.75, 3.05) is 10.6 Å². The predicted octanol–water partition coefficient (Wildman–Crippen LogP) is 16.3. The second-order valence-electron chi connectivity index (χ2n) is 20.1. The Labute approximate surface area is 507 Å². The number of aryl methyl sites for hydroxylation is 5. The van der Waals surface area contributed by atoms with Gasteiger partial charge >= 0.3 is 0 Å². The molecule has 5 heterocycles. The van der Waals surface area contributed by atoms with Gasteiger partial charge in [-0.25, -0.2) is 15.0 Å². The molecule has 0 spiro atoms. The minimum atomic E-state index is -0.108. The number of ketones is 1. The Morgan fingerprint density at radius 1 is 0.482 bits per heavy atom. The summed E-state index contributed by atoms with van der Waals surface area (Å²) in [5.74, 6) is 1.11. The summed E-state index contributed by atoms with van der Waals surface area (Å²) in [5.41, 5.74) is 13.7. The first kappa shape index (κ1) is 62.9. The Hall–Kier alpha value is -9.69. The first-order valence-electron chi connectivity index (χ1n) is 27.3. The summed E-state index contributed by atoms with van der Waals surface area (Å²) in [7, 11) is 0. The maximum Gasteiger partial charge on any atom is 0.248 e. The lowest BCUT2D eigenvalue weighted by atomic mass is 10.1. The number of aromatic amines is 2. The van der Waals surface area contributed by atoms with Gasteiger partial charge in [-0.1, -0.05) is 154 Å². The van der Waals surface area contributed by atoms with E-state index in [0.29, 0.717) is 23.2 Å². The SMILES string of the molecule is CC(=O)Nc1ccc2ccc(C)cc2n1.CC(=O)Nc1ccc2ccc(CBr)cc2n1.Cc1ccc2ccc(=O)[nH]c2c1.Cc1ccc2ccc(Cl)nc2c1.Cc1cccc(CC(=O)/C=C/c2ccccc2)c1.Cc1cccc2[nH]c(=O)ccc12. The number of carbonyl (C=O) groups is 3. The molecule has 428 valence electrons. The summed E-state index contributed by atoms with van der Waals surface area (Å²) >= 11 is 9.16. The van der Waals surface area contributed by atoms with Crippen LogP contribution in [0.5, 0.6) is 0 Å². The van der Waals surface area contributed by atoms with Gasteiger partial charge in [-0.2, -0.15) is 0 Å². The fraction of sp³-hybridized carbons (Fsp3) is 0.127. The summed E-state index contributed by atoms with van der Waals surface area (Å²) in [4.78, 5) is 73.9. The van der Waals surface area contributed by atoms with E-state index in [1.165, 1.54) is 42.2 Å². The van der Waals surface area contributed by atoms with Crippen LogP contribution in [0.15, 0.2) is 222 Å². The molecule has 0 fully saturated rings. The number of alkyl halides is 1. The van der Waals surface area contributed by atoms with Crippen LogP contribution in [-0.4, -0.2) is 42.5 Å². The number of aromatic nitrogens is 5. The zero-order chi connectivity index (χ0) is 60.8. The van der Waals surface area contributed by atoms with E-state index < -0.39 is 0 Å². The maximum absolute atomic E-state index is 11.8. The molecule has 0 aliphatic heterocycles. The van der Waals surface area contributed by atoms with Gasteiger partial charge in [0, 0.05) is 70.3 Å². The fourth-order valence-electron chi connectivity index (χ4n) is 8.62. The Bertz CT molecular complexity index is 4400. The molecule has 0 bridgehead atoms. The van der Waals surface area contributed by atoms with E-state index in [0.717, 1.165) is 82.1 Å². The molecule has 0 atom stereocenters. The van der Waals surface area contributed by atoms with E-state index in [9.17, 15) is 24.0 Å². The standard InChI is InChI=1S/C17H16O.C12H11BrN2O.C12H12N2O.C10H8ClN.2C10H9NO/c1-14-6-5-9-16(12-14)13-17(18)11-10-15-7-3-2-4-8-15;1-8(16)14-12-5-4-10-3-2-9(7-13)6-11(10)15-12;1-8-3-4-10-5-6-12(13-9(2)15)14-11(10)7-8;1-7-2-3-8-4-5-10(11)12-9(8)6-7;1-7-2-3-8-4-5-10(12)11-9(8)6-7;1-7-3-2-4-9-8(7)5-6-10(12)11-9/h2-12H,13H2,1H3;2-6H,7H2,1H3,(H,14,15,16);3-7H,1-2H3,(H,13,14,15);2-6H,1H3;2*2-6H,1H3,(H,11,12)/b11-10+;;;;;. The highest BCUT2D eigenvalue weighted by atomic mass is 79.9. The first-order valence-corrected chi connectivity index (χ1v) is 28.8. The number of amides is 2. The molecule has 85 heavy (non-hydrogen) atoms. The van der Waals surface area contributed by atoms with Crippen molar-refractivity contribution in [1.29, 1.82) is 0 Å². The van der Waals surface area contributed by atoms with Gasteiger partial charge in [-0.3, -0.25) is 24.0 Å². The largest absolute Gasteiger partial charge is 0.322 e. The molecular weight excluding hydrogens is 1150 g/mol. The topological polar surface area (TPSA) is 180 Å². The minimum absolute atomic E-state index is 0.0481. The van der Waals surface area contributed by atoms with Crippen LogP contribution in [0.3, 0.4) is 0 Å². The van der Waals surface area contributed by atoms with Crippen LogP contribution in [0.4, 0.5) is 11.6 Å². The molecule has 12 rings (SSSR count). The molecule has 0 unspecified atom stereocenters. The van der Waals surface area contributed by atoms with Crippen LogP contribution in [-0.2, 0) is 26.1 Å². The molecule has 0 saturated carbocycles. The van der Waals surface area contributed by atoms with Crippen molar-refractivity contribution in [2.45, 2.75) is 60.2 Å². The highest BCUT2D eigenvalue weighted by Crippen LogP contribution is 2.21. The number of nitrogens with one attached hydrogen (secondary N) is 4. The van der Waals surface area contributed by atoms with E-state index in [2.05, 4.69) is 63.6 Å². The number of hydrogen-bond acceptors (Lipinski definition) is 8. The molecule has 4 N–H and O–H groups in total. The van der Waals surface area contributed by atoms with Crippen molar-refractivity contribution in [3.05, 3.63) is 283 Å². The van der Waals surface area contributed by atoms with E-state index in [4.69, 9.17) is 11.6 Å². The summed E-state index contributed by atoms with van der Waals surface area (Å²) in [5, 5.41) is 12.1. The molecular formula is C71H65BrClN7O5. The van der Waals surface area contributed by atoms with Crippen LogP contribution in [0, 0.1) is 34.6 Å². The van der Waals surface area contributed by atoms with E-state index in [-0.39, 0.29) is 28.7 Å². The number of H-pyrrole nitrogens is 2. The number of allylic oxidation sites excluding steroid dienone is 1. The molecule has 14 heteroatoms. The number of benzene rings is 7. The van der Waals surface area contributed by atoms with Crippen molar-refractivity contribution in [3.63, 3.8) is 0 Å². The first-order chi connectivity index (χ1) is 40.8. The van der Waals surface area contributed by atoms with E-state index in [1.54, 1.807) is 30.3 Å². The number of hydrogen-bond donors (Lipinski definition) is 4. The zero-order valence-corrected chi connectivity index (χ0v) is 50.7. The summed E-state index contributed by atoms with van der Waals surface area (Å²) < 4.78 is 0. The molecule has 12 aromatic rings. The lowest BCUT2D eigenvalue weighted by molar-refractivity contribution is -0.115. The van der Waals surface area contributed by atoms with Gasteiger partial charge < -0.3 is 20.6 Å². The number of carbonyl (C=O) groups excluding carboxylic acids is 3. The number of nitrogens with zero attached hydrogens (tertiary/aromatic N) is 3. The number of rotatable bonds is 7. The normalized spacial score (nSPS) is 10.5. The van der Waals surface area contributed by atoms with Crippen LogP contribution >= 0.6 is 27.5 Å². The lowest BCUT2D eigenvalue weighted by Gasteiger charge is -2.04. The minimum Gasteiger partial charge on any atom is -0.322 e. The maximum atomic E-state index is 11.8. The Morgan fingerprint density at radius 3 is 1.60 bits per heavy atom. The highest BCUT2D eigenvalue weighted by Gasteiger charge is 2.04. The van der Waals surface area contributed by atoms with Gasteiger partial charge in [-0.05, 0) is 164 Å². The third kappa shape index (κ3) is 20.3. The molecule has 5 aromatic heterocycles. The summed E-state index contributed by atoms with van der Waals surface area (Å²) in [6.07, 6.45) is 3.97.